The van der Waals surface area contributed by atoms with E-state index in [2.05, 4.69) is 25.3 Å². The number of aromatic amines is 1. The van der Waals surface area contributed by atoms with Crippen LogP contribution in [-0.4, -0.2) is 19.9 Å². The van der Waals surface area contributed by atoms with Crippen molar-refractivity contribution in [2.75, 3.05) is 5.32 Å². The smallest absolute Gasteiger partial charge is 0.252 e. The highest BCUT2D eigenvalue weighted by Gasteiger charge is 2.25. The highest BCUT2D eigenvalue weighted by molar-refractivity contribution is 6.66. The van der Waals surface area contributed by atoms with Crippen molar-refractivity contribution in [2.45, 2.75) is 10.7 Å². The van der Waals surface area contributed by atoms with E-state index in [4.69, 9.17) is 34.8 Å². The highest BCUT2D eigenvalue weighted by Crippen LogP contribution is 2.36. The fraction of sp³-hybridized carbons (Fsp3) is 0.200. The third kappa shape index (κ3) is 3.79. The summed E-state index contributed by atoms with van der Waals surface area (Å²) in [6.07, 6.45) is 1.43. The van der Waals surface area contributed by atoms with Crippen LogP contribution in [0.25, 0.3) is 0 Å². The van der Waals surface area contributed by atoms with Crippen LogP contribution in [0.15, 0.2) is 23.1 Å². The van der Waals surface area contributed by atoms with E-state index in [1.54, 1.807) is 6.92 Å². The molecule has 0 aromatic carbocycles. The van der Waals surface area contributed by atoms with Crippen molar-refractivity contribution in [3.8, 4) is 0 Å². The molecule has 100 valence electrons. The molecule has 0 aliphatic carbocycles. The fourth-order valence-electron chi connectivity index (χ4n) is 1.32. The molecule has 2 rings (SSSR count). The molecule has 2 N–H and O–H groups in total. The molecule has 0 fully saturated rings. The Labute approximate surface area is 123 Å². The first-order chi connectivity index (χ1) is 8.84. The maximum atomic E-state index is 11.3. The van der Waals surface area contributed by atoms with Gasteiger partial charge in [0.15, 0.2) is 0 Å². The zero-order chi connectivity index (χ0) is 14.0. The Morgan fingerprint density at radius 3 is 2.68 bits per heavy atom. The molecule has 0 bridgehead atoms. The molecule has 0 amide bonds. The summed E-state index contributed by atoms with van der Waals surface area (Å²) in [5, 5.41) is 2.73. The van der Waals surface area contributed by atoms with Crippen LogP contribution in [0.3, 0.4) is 0 Å². The summed E-state index contributed by atoms with van der Waals surface area (Å²) in [6, 6.07) is 2.84. The molecule has 19 heavy (non-hydrogen) atoms. The number of aromatic nitrogens is 4. The van der Waals surface area contributed by atoms with Gasteiger partial charge in [0.25, 0.3) is 5.56 Å². The van der Waals surface area contributed by atoms with E-state index in [0.29, 0.717) is 5.69 Å². The zero-order valence-electron chi connectivity index (χ0n) is 9.62. The number of rotatable bonds is 2. The van der Waals surface area contributed by atoms with Crippen molar-refractivity contribution in [3.05, 3.63) is 40.1 Å². The van der Waals surface area contributed by atoms with Gasteiger partial charge in [0, 0.05) is 18.0 Å². The normalized spacial score (nSPS) is 11.4. The number of anilines is 2. The van der Waals surface area contributed by atoms with E-state index < -0.39 is 3.79 Å². The fourth-order valence-corrected chi connectivity index (χ4v) is 1.64. The van der Waals surface area contributed by atoms with Crippen molar-refractivity contribution < 1.29 is 0 Å². The van der Waals surface area contributed by atoms with Crippen molar-refractivity contribution in [3.63, 3.8) is 0 Å². The third-order valence-electron chi connectivity index (χ3n) is 2.05. The van der Waals surface area contributed by atoms with Crippen LogP contribution in [0.4, 0.5) is 11.9 Å². The molecule has 0 radical (unpaired) electrons. The van der Waals surface area contributed by atoms with Crippen LogP contribution in [0.5, 0.6) is 0 Å². The van der Waals surface area contributed by atoms with Gasteiger partial charge in [-0.15, -0.1) is 0 Å². The summed E-state index contributed by atoms with van der Waals surface area (Å²) in [5.74, 6) is 0.379. The SMILES string of the molecule is Cc1cc(=O)[nH]c(Nc2nccc(C(Cl)(Cl)Cl)n2)n1. The highest BCUT2D eigenvalue weighted by atomic mass is 35.6. The van der Waals surface area contributed by atoms with Crippen LogP contribution in [0, 0.1) is 6.92 Å². The van der Waals surface area contributed by atoms with E-state index in [9.17, 15) is 4.79 Å². The summed E-state index contributed by atoms with van der Waals surface area (Å²) in [4.78, 5) is 25.8. The average Bonchev–Trinajstić information content (AvgIpc) is 2.26. The maximum Gasteiger partial charge on any atom is 0.252 e. The monoisotopic (exact) mass is 319 g/mol. The Morgan fingerprint density at radius 2 is 2.05 bits per heavy atom. The second kappa shape index (κ2) is 5.32. The number of nitrogens with one attached hydrogen (secondary N) is 2. The number of H-pyrrole nitrogens is 1. The van der Waals surface area contributed by atoms with Crippen molar-refractivity contribution in [1.82, 2.24) is 19.9 Å². The van der Waals surface area contributed by atoms with E-state index in [-0.39, 0.29) is 23.1 Å². The Kier molecular flexibility index (Phi) is 3.93. The van der Waals surface area contributed by atoms with Gasteiger partial charge in [-0.3, -0.25) is 15.1 Å². The lowest BCUT2D eigenvalue weighted by atomic mass is 10.4. The molecule has 0 spiro atoms. The Bertz CT molecular complexity index is 652. The largest absolute Gasteiger partial charge is 0.294 e. The molecule has 2 aromatic heterocycles. The number of hydrogen-bond donors (Lipinski definition) is 2. The van der Waals surface area contributed by atoms with Gasteiger partial charge in [0.05, 0.1) is 5.69 Å². The number of hydrogen-bond acceptors (Lipinski definition) is 5. The summed E-state index contributed by atoms with van der Waals surface area (Å²) >= 11 is 17.2. The minimum atomic E-state index is -1.65. The zero-order valence-corrected chi connectivity index (χ0v) is 11.9. The van der Waals surface area contributed by atoms with Gasteiger partial charge in [0.1, 0.15) is 0 Å². The van der Waals surface area contributed by atoms with Crippen LogP contribution in [0.2, 0.25) is 0 Å². The Balaban J connectivity index is 2.31. The first-order valence-electron chi connectivity index (χ1n) is 5.10. The molecule has 0 saturated carbocycles. The van der Waals surface area contributed by atoms with Gasteiger partial charge in [-0.2, -0.15) is 0 Å². The van der Waals surface area contributed by atoms with Crippen molar-refractivity contribution in [1.29, 1.82) is 0 Å². The molecular formula is C10H8Cl3N5O. The van der Waals surface area contributed by atoms with Crippen LogP contribution in [0.1, 0.15) is 11.4 Å². The minimum Gasteiger partial charge on any atom is -0.294 e. The molecule has 0 atom stereocenters. The molecule has 0 aliphatic rings. The Hall–Kier alpha value is -1.37. The third-order valence-corrected chi connectivity index (χ3v) is 2.63. The molecule has 2 heterocycles. The first-order valence-corrected chi connectivity index (χ1v) is 6.23. The summed E-state index contributed by atoms with van der Waals surface area (Å²) < 4.78 is -1.65. The number of nitrogens with zero attached hydrogens (tertiary/aromatic N) is 3. The maximum absolute atomic E-state index is 11.3. The number of alkyl halides is 3. The van der Waals surface area contributed by atoms with E-state index in [0.717, 1.165) is 0 Å². The van der Waals surface area contributed by atoms with Gasteiger partial charge in [-0.05, 0) is 13.0 Å². The van der Waals surface area contributed by atoms with Gasteiger partial charge in [-0.25, -0.2) is 15.0 Å². The molecule has 9 heteroatoms. The van der Waals surface area contributed by atoms with Crippen LogP contribution < -0.4 is 10.9 Å². The number of aryl methyl sites for hydroxylation is 1. The molecule has 0 aliphatic heterocycles. The standard InChI is InChI=1S/C10H8Cl3N5O/c1-5-4-7(19)17-9(15-5)18-8-14-3-2-6(16-8)10(11,12)13/h2-4H,1H3,(H2,14,15,16,17,18,19). The van der Waals surface area contributed by atoms with Crippen molar-refractivity contribution >= 4 is 46.7 Å². The summed E-state index contributed by atoms with van der Waals surface area (Å²) in [5.41, 5.74) is 0.487. The van der Waals surface area contributed by atoms with Gasteiger partial charge in [0.2, 0.25) is 15.7 Å². The second-order valence-electron chi connectivity index (χ2n) is 3.62. The second-order valence-corrected chi connectivity index (χ2v) is 5.90. The summed E-state index contributed by atoms with van der Waals surface area (Å²) in [7, 11) is 0. The molecule has 6 nitrogen and oxygen atoms in total. The number of halogens is 3. The van der Waals surface area contributed by atoms with Crippen LogP contribution in [-0.2, 0) is 3.79 Å². The average molecular weight is 321 g/mol. The lowest BCUT2D eigenvalue weighted by Gasteiger charge is -2.11. The molecule has 0 saturated heterocycles. The predicted octanol–water partition coefficient (Wildman–Crippen LogP) is 2.44. The minimum absolute atomic E-state index is 0.164. The topological polar surface area (TPSA) is 83.6 Å². The van der Waals surface area contributed by atoms with E-state index in [1.165, 1.54) is 18.3 Å². The predicted molar refractivity (Wildman–Crippen MR) is 74.1 cm³/mol. The molecule has 0 unspecified atom stereocenters. The van der Waals surface area contributed by atoms with Gasteiger partial charge >= 0.3 is 0 Å². The van der Waals surface area contributed by atoms with E-state index >= 15 is 0 Å². The lowest BCUT2D eigenvalue weighted by molar-refractivity contribution is 1.01. The van der Waals surface area contributed by atoms with Crippen LogP contribution >= 0.6 is 34.8 Å². The lowest BCUT2D eigenvalue weighted by Crippen LogP contribution is -2.13. The first kappa shape index (κ1) is 14.0. The van der Waals surface area contributed by atoms with Gasteiger partial charge < -0.3 is 0 Å². The summed E-state index contributed by atoms with van der Waals surface area (Å²) in [6.45, 7) is 1.69. The molecular weight excluding hydrogens is 313 g/mol. The van der Waals surface area contributed by atoms with E-state index in [1.807, 2.05) is 0 Å². The quantitative estimate of drug-likeness (QED) is 0.830. The Morgan fingerprint density at radius 1 is 1.32 bits per heavy atom. The van der Waals surface area contributed by atoms with Gasteiger partial charge in [-0.1, -0.05) is 34.8 Å². The molecule has 2 aromatic rings. The van der Waals surface area contributed by atoms with Crippen molar-refractivity contribution in [2.24, 2.45) is 0 Å².